The molecule has 1 saturated heterocycles. The van der Waals surface area contributed by atoms with Crippen molar-refractivity contribution in [2.75, 3.05) is 20.2 Å². The van der Waals surface area contributed by atoms with Crippen molar-refractivity contribution in [1.82, 2.24) is 9.88 Å². The second-order valence-corrected chi connectivity index (χ2v) is 8.78. The first-order valence-corrected chi connectivity index (χ1v) is 11.0. The van der Waals surface area contributed by atoms with Gasteiger partial charge in [-0.25, -0.2) is 9.18 Å². The Bertz CT molecular complexity index is 1250. The Hall–Kier alpha value is -3.45. The van der Waals surface area contributed by atoms with Crippen LogP contribution < -0.4 is 4.74 Å². The molecular weight excluding hydrogens is 423 g/mol. The number of H-pyrrole nitrogens is 1. The number of methoxy groups -OCH3 is 1. The summed E-state index contributed by atoms with van der Waals surface area (Å²) in [5.41, 5.74) is 2.81. The third-order valence-corrected chi connectivity index (χ3v) is 6.62. The fourth-order valence-corrected chi connectivity index (χ4v) is 4.77. The summed E-state index contributed by atoms with van der Waals surface area (Å²) in [5.74, 6) is -0.0244. The van der Waals surface area contributed by atoms with E-state index < -0.39 is 11.6 Å². The molecule has 3 heterocycles. The van der Waals surface area contributed by atoms with Crippen molar-refractivity contribution < 1.29 is 23.5 Å². The van der Waals surface area contributed by atoms with Crippen LogP contribution in [0.25, 0.3) is 17.0 Å². The molecule has 6 nitrogen and oxygen atoms in total. The Morgan fingerprint density at radius 3 is 2.85 bits per heavy atom. The largest absolute Gasteiger partial charge is 0.486 e. The topological polar surface area (TPSA) is 71.6 Å². The number of hydrogen-bond acceptors (Lipinski definition) is 5. The van der Waals surface area contributed by atoms with Gasteiger partial charge in [-0.2, -0.15) is 0 Å². The molecule has 0 bridgehead atoms. The highest BCUT2D eigenvalue weighted by molar-refractivity contribution is 6.01. The van der Waals surface area contributed by atoms with Crippen LogP contribution in [-0.4, -0.2) is 47.4 Å². The van der Waals surface area contributed by atoms with Gasteiger partial charge in [-0.3, -0.25) is 9.69 Å². The number of carbonyl (C=O) groups is 2. The predicted molar refractivity (Wildman–Crippen MR) is 123 cm³/mol. The molecule has 2 aliphatic rings. The lowest BCUT2D eigenvalue weighted by atomic mass is 9.82. The summed E-state index contributed by atoms with van der Waals surface area (Å²) in [6.07, 6.45) is 6.74. The number of nitrogens with one attached hydrogen (secondary N) is 1. The highest BCUT2D eigenvalue weighted by Gasteiger charge is 2.43. The van der Waals surface area contributed by atoms with Gasteiger partial charge in [-0.05, 0) is 47.5 Å². The third kappa shape index (κ3) is 4.28. The predicted octanol–water partition coefficient (Wildman–Crippen LogP) is 4.49. The number of halogens is 1. The number of aromatic nitrogens is 1. The SMILES string of the molecule is COC(=O)C=Cc1ccc2c(c1)C(=O)CC1(CCN(Cc3c[nH]c4ccc(F)cc34)CC1)O2. The second-order valence-electron chi connectivity index (χ2n) is 8.78. The third-order valence-electron chi connectivity index (χ3n) is 6.62. The van der Waals surface area contributed by atoms with Crippen molar-refractivity contribution >= 4 is 28.7 Å². The molecule has 5 rings (SSSR count). The van der Waals surface area contributed by atoms with E-state index in [4.69, 9.17) is 4.74 Å². The van der Waals surface area contributed by atoms with Gasteiger partial charge in [0.2, 0.25) is 0 Å². The van der Waals surface area contributed by atoms with Gasteiger partial charge in [0.1, 0.15) is 17.2 Å². The number of aromatic amines is 1. The highest BCUT2D eigenvalue weighted by atomic mass is 19.1. The number of esters is 1. The summed E-state index contributed by atoms with van der Waals surface area (Å²) in [5, 5.41) is 0.908. The summed E-state index contributed by atoms with van der Waals surface area (Å²) >= 11 is 0. The van der Waals surface area contributed by atoms with Gasteiger partial charge < -0.3 is 14.5 Å². The smallest absolute Gasteiger partial charge is 0.330 e. The molecule has 0 atom stereocenters. The fourth-order valence-electron chi connectivity index (χ4n) is 4.77. The molecule has 0 radical (unpaired) electrons. The lowest BCUT2D eigenvalue weighted by Crippen LogP contribution is -2.50. The molecular formula is C26H25FN2O4. The van der Waals surface area contributed by atoms with Crippen LogP contribution in [0.1, 0.15) is 40.7 Å². The monoisotopic (exact) mass is 448 g/mol. The molecule has 0 saturated carbocycles. The van der Waals surface area contributed by atoms with Crippen molar-refractivity contribution in [2.45, 2.75) is 31.4 Å². The Labute approximate surface area is 191 Å². The number of piperidine rings is 1. The van der Waals surface area contributed by atoms with Gasteiger partial charge in [-0.15, -0.1) is 0 Å². The summed E-state index contributed by atoms with van der Waals surface area (Å²) in [4.78, 5) is 29.8. The van der Waals surface area contributed by atoms with E-state index >= 15 is 0 Å². The lowest BCUT2D eigenvalue weighted by molar-refractivity contribution is -0.134. The van der Waals surface area contributed by atoms with Crippen molar-refractivity contribution in [3.8, 4) is 5.75 Å². The highest BCUT2D eigenvalue weighted by Crippen LogP contribution is 2.40. The zero-order valence-corrected chi connectivity index (χ0v) is 18.4. The van der Waals surface area contributed by atoms with Crippen LogP contribution in [0, 0.1) is 5.82 Å². The Balaban J connectivity index is 1.27. The average molecular weight is 448 g/mol. The summed E-state index contributed by atoms with van der Waals surface area (Å²) in [6.45, 7) is 2.31. The average Bonchev–Trinajstić information content (AvgIpc) is 3.21. The number of fused-ring (bicyclic) bond motifs is 2. The summed E-state index contributed by atoms with van der Waals surface area (Å²) in [6, 6.07) is 10.2. The van der Waals surface area contributed by atoms with E-state index in [9.17, 15) is 14.0 Å². The molecule has 0 amide bonds. The van der Waals surface area contributed by atoms with E-state index in [0.717, 1.165) is 54.5 Å². The molecule has 2 aliphatic heterocycles. The molecule has 3 aromatic rings. The maximum atomic E-state index is 13.7. The first-order chi connectivity index (χ1) is 15.9. The standard InChI is InChI=1S/C26H25FN2O4/c1-32-25(31)7-3-17-2-6-24-21(12-17)23(30)14-26(33-24)8-10-29(11-9-26)16-18-15-28-22-5-4-19(27)13-20(18)22/h2-7,12-13,15,28H,8-11,14,16H2,1H3. The zero-order chi connectivity index (χ0) is 23.0. The number of likely N-dealkylation sites (tertiary alicyclic amines) is 1. The van der Waals surface area contributed by atoms with E-state index in [0.29, 0.717) is 17.7 Å². The number of rotatable bonds is 4. The molecule has 0 unspecified atom stereocenters. The number of benzene rings is 2. The Morgan fingerprint density at radius 2 is 2.06 bits per heavy atom. The van der Waals surface area contributed by atoms with Gasteiger partial charge in [0.25, 0.3) is 0 Å². The minimum absolute atomic E-state index is 0.0603. The Morgan fingerprint density at radius 1 is 1.24 bits per heavy atom. The van der Waals surface area contributed by atoms with Gasteiger partial charge in [0, 0.05) is 55.7 Å². The van der Waals surface area contributed by atoms with Crippen LogP contribution in [-0.2, 0) is 16.1 Å². The number of carbonyl (C=O) groups excluding carboxylic acids is 2. The molecule has 1 spiro atoms. The fraction of sp³-hybridized carbons (Fsp3) is 0.308. The lowest BCUT2D eigenvalue weighted by Gasteiger charge is -2.44. The number of hydrogen-bond donors (Lipinski definition) is 1. The normalized spacial score (nSPS) is 17.9. The van der Waals surface area contributed by atoms with Crippen molar-refractivity contribution in [2.24, 2.45) is 0 Å². The maximum Gasteiger partial charge on any atom is 0.330 e. The van der Waals surface area contributed by atoms with Crippen molar-refractivity contribution in [1.29, 1.82) is 0 Å². The molecule has 33 heavy (non-hydrogen) atoms. The number of ether oxygens (including phenoxy) is 2. The van der Waals surface area contributed by atoms with Crippen LogP contribution in [0.4, 0.5) is 4.39 Å². The van der Waals surface area contributed by atoms with Crippen LogP contribution in [0.5, 0.6) is 5.75 Å². The van der Waals surface area contributed by atoms with Crippen molar-refractivity contribution in [3.05, 3.63) is 71.2 Å². The van der Waals surface area contributed by atoms with Gasteiger partial charge in [0.05, 0.1) is 19.1 Å². The molecule has 7 heteroatoms. The first kappa shape index (κ1) is 21.4. The summed E-state index contributed by atoms with van der Waals surface area (Å²) in [7, 11) is 1.32. The van der Waals surface area contributed by atoms with E-state index in [1.165, 1.54) is 19.3 Å². The van der Waals surface area contributed by atoms with E-state index in [2.05, 4.69) is 14.6 Å². The molecule has 1 aromatic heterocycles. The molecule has 1 N–H and O–H groups in total. The Kier molecular flexibility index (Phi) is 5.50. The second kappa shape index (κ2) is 8.48. The van der Waals surface area contributed by atoms with Crippen LogP contribution >= 0.6 is 0 Å². The maximum absolute atomic E-state index is 13.7. The van der Waals surface area contributed by atoms with Gasteiger partial charge >= 0.3 is 5.97 Å². The zero-order valence-electron chi connectivity index (χ0n) is 18.4. The molecule has 1 fully saturated rings. The number of Topliss-reactive ketones (excluding diaryl/α,β-unsaturated/α-hetero) is 1. The van der Waals surface area contributed by atoms with Crippen molar-refractivity contribution in [3.63, 3.8) is 0 Å². The number of nitrogens with zero attached hydrogens (tertiary/aromatic N) is 1. The van der Waals surface area contributed by atoms with Gasteiger partial charge in [-0.1, -0.05) is 6.07 Å². The van der Waals surface area contributed by atoms with Crippen LogP contribution in [0.3, 0.4) is 0 Å². The molecule has 2 aromatic carbocycles. The minimum atomic E-state index is -0.490. The van der Waals surface area contributed by atoms with E-state index in [1.807, 2.05) is 12.3 Å². The minimum Gasteiger partial charge on any atom is -0.486 e. The first-order valence-electron chi connectivity index (χ1n) is 11.0. The molecule has 0 aliphatic carbocycles. The molecule has 170 valence electrons. The van der Waals surface area contributed by atoms with Gasteiger partial charge in [0.15, 0.2) is 5.78 Å². The summed E-state index contributed by atoms with van der Waals surface area (Å²) < 4.78 is 24.7. The quantitative estimate of drug-likeness (QED) is 0.470. The van der Waals surface area contributed by atoms with E-state index in [1.54, 1.807) is 30.3 Å². The number of ketones is 1. The van der Waals surface area contributed by atoms with E-state index in [-0.39, 0.29) is 11.6 Å². The van der Waals surface area contributed by atoms with Crippen LogP contribution in [0.15, 0.2) is 48.7 Å². The van der Waals surface area contributed by atoms with Crippen LogP contribution in [0.2, 0.25) is 0 Å².